The van der Waals surface area contributed by atoms with E-state index in [2.05, 4.69) is 26.8 Å². The molecule has 1 heterocycles. The van der Waals surface area contributed by atoms with Crippen LogP contribution in [0.2, 0.25) is 0 Å². The van der Waals surface area contributed by atoms with Gasteiger partial charge in [0.1, 0.15) is 11.4 Å². The summed E-state index contributed by atoms with van der Waals surface area (Å²) in [6, 6.07) is 0. The Hall–Kier alpha value is -0.500. The summed E-state index contributed by atoms with van der Waals surface area (Å²) in [4.78, 5) is 0. The van der Waals surface area contributed by atoms with Gasteiger partial charge in [0.05, 0.1) is 6.61 Å². The summed E-state index contributed by atoms with van der Waals surface area (Å²) in [5, 5.41) is 11.4. The number of fused-ring (bicyclic) bond motifs is 2. The van der Waals surface area contributed by atoms with Crippen molar-refractivity contribution in [3.63, 3.8) is 0 Å². The van der Waals surface area contributed by atoms with E-state index in [9.17, 15) is 5.11 Å². The quantitative estimate of drug-likeness (QED) is 0.757. The van der Waals surface area contributed by atoms with E-state index >= 15 is 0 Å². The molecule has 3 unspecified atom stereocenters. The molecule has 0 saturated heterocycles. The maximum absolute atomic E-state index is 11.4. The normalized spacial score (nSPS) is 47.8. The average Bonchev–Trinajstić information content (AvgIpc) is 2.78. The second kappa shape index (κ2) is 3.28. The molecule has 3 atom stereocenters. The standard InChI is InChI=1S/C15H24O2/c1-13(2)11-7-8-14(3,10-11)15(13,16)12-6-4-5-9-17-12/h6,11,16H,4-5,7-10H2,1-3H3. The van der Waals surface area contributed by atoms with Gasteiger partial charge in [0.2, 0.25) is 0 Å². The smallest absolute Gasteiger partial charge is 0.132 e. The summed E-state index contributed by atoms with van der Waals surface area (Å²) in [7, 11) is 0. The van der Waals surface area contributed by atoms with Gasteiger partial charge in [-0.2, -0.15) is 0 Å². The first-order valence-electron chi connectivity index (χ1n) is 6.98. The van der Waals surface area contributed by atoms with Crippen molar-refractivity contribution in [2.75, 3.05) is 6.61 Å². The van der Waals surface area contributed by atoms with Crippen LogP contribution in [0.15, 0.2) is 11.8 Å². The van der Waals surface area contributed by atoms with Gasteiger partial charge in [-0.25, -0.2) is 0 Å². The van der Waals surface area contributed by atoms with Crippen LogP contribution in [0.25, 0.3) is 0 Å². The zero-order valence-corrected chi connectivity index (χ0v) is 11.3. The second-order valence-electron chi connectivity index (χ2n) is 6.99. The number of hydrogen-bond acceptors (Lipinski definition) is 2. The fourth-order valence-electron chi connectivity index (χ4n) is 4.68. The molecule has 2 heteroatoms. The third kappa shape index (κ3) is 1.20. The van der Waals surface area contributed by atoms with Crippen molar-refractivity contribution in [1.82, 2.24) is 0 Å². The van der Waals surface area contributed by atoms with E-state index in [0.29, 0.717) is 5.92 Å². The predicted molar refractivity (Wildman–Crippen MR) is 67.4 cm³/mol. The van der Waals surface area contributed by atoms with Crippen molar-refractivity contribution in [3.05, 3.63) is 11.8 Å². The van der Waals surface area contributed by atoms with Crippen LogP contribution in [0.1, 0.15) is 52.9 Å². The monoisotopic (exact) mass is 236 g/mol. The number of aliphatic hydroxyl groups is 1. The Kier molecular flexibility index (Phi) is 2.24. The third-order valence-corrected chi connectivity index (χ3v) is 5.86. The number of rotatable bonds is 1. The first-order valence-corrected chi connectivity index (χ1v) is 6.98. The first-order chi connectivity index (χ1) is 7.92. The maximum atomic E-state index is 11.4. The summed E-state index contributed by atoms with van der Waals surface area (Å²) < 4.78 is 5.83. The van der Waals surface area contributed by atoms with Crippen molar-refractivity contribution in [3.8, 4) is 0 Å². The fourth-order valence-corrected chi connectivity index (χ4v) is 4.68. The molecule has 0 spiro atoms. The van der Waals surface area contributed by atoms with Gasteiger partial charge in [-0.1, -0.05) is 20.8 Å². The van der Waals surface area contributed by atoms with Crippen molar-refractivity contribution in [2.45, 2.75) is 58.5 Å². The van der Waals surface area contributed by atoms with E-state index in [4.69, 9.17) is 4.74 Å². The minimum Gasteiger partial charge on any atom is -0.495 e. The Balaban J connectivity index is 2.07. The van der Waals surface area contributed by atoms with Gasteiger partial charge in [0, 0.05) is 10.8 Å². The Morgan fingerprint density at radius 2 is 2.12 bits per heavy atom. The lowest BCUT2D eigenvalue weighted by molar-refractivity contribution is -0.145. The van der Waals surface area contributed by atoms with Gasteiger partial charge >= 0.3 is 0 Å². The molecule has 2 saturated carbocycles. The summed E-state index contributed by atoms with van der Waals surface area (Å²) in [5.74, 6) is 1.52. The largest absolute Gasteiger partial charge is 0.495 e. The van der Waals surface area contributed by atoms with Gasteiger partial charge < -0.3 is 9.84 Å². The molecule has 0 aromatic carbocycles. The molecule has 17 heavy (non-hydrogen) atoms. The van der Waals surface area contributed by atoms with Crippen LogP contribution < -0.4 is 0 Å². The lowest BCUT2D eigenvalue weighted by atomic mass is 9.59. The summed E-state index contributed by atoms with van der Waals surface area (Å²) in [6.07, 6.45) is 7.82. The van der Waals surface area contributed by atoms with E-state index in [1.54, 1.807) is 0 Å². The molecular formula is C15H24O2. The number of hydrogen-bond donors (Lipinski definition) is 1. The molecule has 0 amide bonds. The molecule has 0 aromatic rings. The van der Waals surface area contributed by atoms with E-state index in [1.165, 1.54) is 6.42 Å². The Morgan fingerprint density at radius 1 is 1.35 bits per heavy atom. The molecule has 2 bridgehead atoms. The summed E-state index contributed by atoms with van der Waals surface area (Å²) in [6.45, 7) is 7.47. The zero-order chi connectivity index (χ0) is 12.3. The van der Waals surface area contributed by atoms with Crippen LogP contribution in [0.4, 0.5) is 0 Å². The van der Waals surface area contributed by atoms with Gasteiger partial charge in [-0.05, 0) is 44.1 Å². The minimum atomic E-state index is -0.747. The summed E-state index contributed by atoms with van der Waals surface area (Å²) >= 11 is 0. The second-order valence-corrected chi connectivity index (χ2v) is 6.99. The van der Waals surface area contributed by atoms with Crippen LogP contribution in [0.3, 0.4) is 0 Å². The Morgan fingerprint density at radius 3 is 2.65 bits per heavy atom. The van der Waals surface area contributed by atoms with Gasteiger partial charge in [0.15, 0.2) is 0 Å². The van der Waals surface area contributed by atoms with Crippen molar-refractivity contribution in [2.24, 2.45) is 16.7 Å². The average molecular weight is 236 g/mol. The van der Waals surface area contributed by atoms with Gasteiger partial charge in [0.25, 0.3) is 0 Å². The molecule has 2 nitrogen and oxygen atoms in total. The molecule has 2 fully saturated rings. The van der Waals surface area contributed by atoms with Crippen LogP contribution >= 0.6 is 0 Å². The van der Waals surface area contributed by atoms with Crippen molar-refractivity contribution >= 4 is 0 Å². The van der Waals surface area contributed by atoms with Crippen molar-refractivity contribution < 1.29 is 9.84 Å². The van der Waals surface area contributed by atoms with E-state index in [0.717, 1.165) is 38.0 Å². The molecule has 96 valence electrons. The minimum absolute atomic E-state index is 0.0182. The van der Waals surface area contributed by atoms with Crippen molar-refractivity contribution in [1.29, 1.82) is 0 Å². The fraction of sp³-hybridized carbons (Fsp3) is 0.867. The van der Waals surface area contributed by atoms with Crippen LogP contribution in [-0.2, 0) is 4.74 Å². The molecule has 1 N–H and O–H groups in total. The highest BCUT2D eigenvalue weighted by Crippen LogP contribution is 2.70. The van der Waals surface area contributed by atoms with Gasteiger partial charge in [-0.15, -0.1) is 0 Å². The topological polar surface area (TPSA) is 29.5 Å². The lowest BCUT2D eigenvalue weighted by Gasteiger charge is -2.51. The molecule has 0 radical (unpaired) electrons. The predicted octanol–water partition coefficient (Wildman–Crippen LogP) is 3.26. The molecule has 2 aliphatic carbocycles. The van der Waals surface area contributed by atoms with Crippen LogP contribution in [-0.4, -0.2) is 17.3 Å². The van der Waals surface area contributed by atoms with Gasteiger partial charge in [-0.3, -0.25) is 0 Å². The lowest BCUT2D eigenvalue weighted by Crippen LogP contribution is -2.56. The van der Waals surface area contributed by atoms with Crippen LogP contribution in [0, 0.1) is 16.7 Å². The molecule has 1 aliphatic heterocycles. The molecule has 3 aliphatic rings. The first kappa shape index (κ1) is 11.6. The van der Waals surface area contributed by atoms with Crippen LogP contribution in [0.5, 0.6) is 0 Å². The maximum Gasteiger partial charge on any atom is 0.132 e. The zero-order valence-electron chi connectivity index (χ0n) is 11.3. The Labute approximate surface area is 104 Å². The highest BCUT2D eigenvalue weighted by molar-refractivity contribution is 5.30. The van der Waals surface area contributed by atoms with E-state index in [1.807, 2.05) is 0 Å². The highest BCUT2D eigenvalue weighted by atomic mass is 16.5. The Bertz CT molecular complexity index is 364. The molecule has 3 rings (SSSR count). The molecule has 0 aromatic heterocycles. The van der Waals surface area contributed by atoms with E-state index < -0.39 is 5.60 Å². The summed E-state index contributed by atoms with van der Waals surface area (Å²) in [5.41, 5.74) is -0.781. The highest BCUT2D eigenvalue weighted by Gasteiger charge is 2.70. The third-order valence-electron chi connectivity index (χ3n) is 5.86. The van der Waals surface area contributed by atoms with E-state index in [-0.39, 0.29) is 10.8 Å². The number of allylic oxidation sites excluding steroid dienone is 1. The number of ether oxygens (including phenoxy) is 1. The molecular weight excluding hydrogens is 212 g/mol. The SMILES string of the molecule is CC12CCC(C1)C(C)(C)C2(O)C1=CCCCO1.